The number of nitrogens with two attached hydrogens (primary N) is 1. The average molecular weight is 286 g/mol. The van der Waals surface area contributed by atoms with Crippen LogP contribution in [0.5, 0.6) is 0 Å². The Hall–Kier alpha value is -2.28. The molecule has 0 heterocycles. The zero-order valence-corrected chi connectivity index (χ0v) is 10.7. The van der Waals surface area contributed by atoms with Crippen LogP contribution in [0.3, 0.4) is 0 Å². The van der Waals surface area contributed by atoms with Gasteiger partial charge in [0.05, 0.1) is 10.6 Å². The first kappa shape index (κ1) is 14.8. The Balaban J connectivity index is 2.78. The SMILES string of the molecule is CC(NC(N)=O)C(=O)Nc1ccc(C(=O)O)c(Cl)c1. The van der Waals surface area contributed by atoms with Crippen molar-refractivity contribution in [3.05, 3.63) is 28.8 Å². The molecule has 1 unspecified atom stereocenters. The number of hydrogen-bond acceptors (Lipinski definition) is 3. The van der Waals surface area contributed by atoms with Gasteiger partial charge in [0.15, 0.2) is 0 Å². The summed E-state index contributed by atoms with van der Waals surface area (Å²) in [5, 5.41) is 13.5. The third-order valence-electron chi connectivity index (χ3n) is 2.22. The van der Waals surface area contributed by atoms with Crippen molar-refractivity contribution in [3.63, 3.8) is 0 Å². The highest BCUT2D eigenvalue weighted by molar-refractivity contribution is 6.33. The van der Waals surface area contributed by atoms with Crippen LogP contribution in [0.1, 0.15) is 17.3 Å². The minimum atomic E-state index is -1.16. The quantitative estimate of drug-likeness (QED) is 0.660. The predicted octanol–water partition coefficient (Wildman–Crippen LogP) is 1.03. The molecule has 0 aliphatic rings. The maximum atomic E-state index is 11.6. The van der Waals surface area contributed by atoms with Crippen LogP contribution < -0.4 is 16.4 Å². The highest BCUT2D eigenvalue weighted by atomic mass is 35.5. The summed E-state index contributed by atoms with van der Waals surface area (Å²) >= 11 is 5.75. The Bertz CT molecular complexity index is 533. The molecular weight excluding hydrogens is 274 g/mol. The summed E-state index contributed by atoms with van der Waals surface area (Å²) in [7, 11) is 0. The Morgan fingerprint density at radius 2 is 2.00 bits per heavy atom. The number of carboxylic acid groups (broad SMARTS) is 1. The predicted molar refractivity (Wildman–Crippen MR) is 69.2 cm³/mol. The molecule has 0 bridgehead atoms. The molecule has 3 amide bonds. The van der Waals surface area contributed by atoms with Crippen LogP contribution in [-0.4, -0.2) is 29.1 Å². The van der Waals surface area contributed by atoms with Crippen molar-refractivity contribution in [1.82, 2.24) is 5.32 Å². The lowest BCUT2D eigenvalue weighted by Gasteiger charge is -2.13. The number of halogens is 1. The molecule has 0 radical (unpaired) electrons. The molecule has 102 valence electrons. The molecule has 0 spiro atoms. The fourth-order valence-electron chi connectivity index (χ4n) is 1.30. The molecule has 5 N–H and O–H groups in total. The summed E-state index contributed by atoms with van der Waals surface area (Å²) in [5.74, 6) is -1.66. The van der Waals surface area contributed by atoms with E-state index in [0.29, 0.717) is 5.69 Å². The standard InChI is InChI=1S/C11H12ClN3O4/c1-5(14-11(13)19)9(16)15-6-2-3-7(10(17)18)8(12)4-6/h2-5H,1H3,(H,15,16)(H,17,18)(H3,13,14,19). The lowest BCUT2D eigenvalue weighted by molar-refractivity contribution is -0.117. The molecule has 0 saturated heterocycles. The minimum absolute atomic E-state index is 0.000753. The Labute approximate surface area is 113 Å². The average Bonchev–Trinajstić information content (AvgIpc) is 2.27. The third-order valence-corrected chi connectivity index (χ3v) is 2.53. The fourth-order valence-corrected chi connectivity index (χ4v) is 1.56. The van der Waals surface area contributed by atoms with Gasteiger partial charge in [0.1, 0.15) is 6.04 Å². The number of carbonyl (C=O) groups is 3. The summed E-state index contributed by atoms with van der Waals surface area (Å²) in [5.41, 5.74) is 5.14. The van der Waals surface area contributed by atoms with Crippen molar-refractivity contribution >= 4 is 35.2 Å². The largest absolute Gasteiger partial charge is 0.478 e. The van der Waals surface area contributed by atoms with Crippen molar-refractivity contribution < 1.29 is 19.5 Å². The van der Waals surface area contributed by atoms with Gasteiger partial charge in [-0.3, -0.25) is 4.79 Å². The van der Waals surface area contributed by atoms with Crippen molar-refractivity contribution in [2.75, 3.05) is 5.32 Å². The van der Waals surface area contributed by atoms with Gasteiger partial charge in [-0.25, -0.2) is 9.59 Å². The molecule has 19 heavy (non-hydrogen) atoms. The molecule has 8 heteroatoms. The van der Waals surface area contributed by atoms with Gasteiger partial charge < -0.3 is 21.5 Å². The summed E-state index contributed by atoms with van der Waals surface area (Å²) in [6, 6.07) is 2.33. The summed E-state index contributed by atoms with van der Waals surface area (Å²) in [4.78, 5) is 33.0. The zero-order valence-electron chi connectivity index (χ0n) is 9.94. The van der Waals surface area contributed by atoms with Gasteiger partial charge in [-0.05, 0) is 25.1 Å². The number of aromatic carboxylic acids is 1. The number of benzene rings is 1. The van der Waals surface area contributed by atoms with Crippen molar-refractivity contribution in [2.45, 2.75) is 13.0 Å². The molecule has 1 aromatic carbocycles. The van der Waals surface area contributed by atoms with E-state index in [4.69, 9.17) is 22.4 Å². The van der Waals surface area contributed by atoms with E-state index in [0.717, 1.165) is 0 Å². The number of nitrogens with one attached hydrogen (secondary N) is 2. The topological polar surface area (TPSA) is 122 Å². The van der Waals surface area contributed by atoms with E-state index in [1.165, 1.54) is 25.1 Å². The van der Waals surface area contributed by atoms with Gasteiger partial charge in [-0.15, -0.1) is 0 Å². The second-order valence-electron chi connectivity index (χ2n) is 3.72. The molecule has 7 nitrogen and oxygen atoms in total. The van der Waals surface area contributed by atoms with Crippen molar-refractivity contribution in [3.8, 4) is 0 Å². The number of anilines is 1. The van der Waals surface area contributed by atoms with Crippen LogP contribution >= 0.6 is 11.6 Å². The summed E-state index contributed by atoms with van der Waals surface area (Å²) in [6.45, 7) is 1.45. The van der Waals surface area contributed by atoms with Gasteiger partial charge in [-0.1, -0.05) is 11.6 Å². The van der Waals surface area contributed by atoms with Gasteiger partial charge in [-0.2, -0.15) is 0 Å². The number of carbonyl (C=O) groups excluding carboxylic acids is 2. The minimum Gasteiger partial charge on any atom is -0.478 e. The van der Waals surface area contributed by atoms with E-state index in [1.807, 2.05) is 0 Å². The summed E-state index contributed by atoms with van der Waals surface area (Å²) in [6.07, 6.45) is 0. The van der Waals surface area contributed by atoms with Crippen LogP contribution in [0, 0.1) is 0 Å². The Morgan fingerprint density at radius 1 is 1.37 bits per heavy atom. The normalized spacial score (nSPS) is 11.5. The van der Waals surface area contributed by atoms with E-state index < -0.39 is 23.9 Å². The van der Waals surface area contributed by atoms with Gasteiger partial charge in [0.25, 0.3) is 0 Å². The molecular formula is C11H12ClN3O4. The molecule has 0 saturated carbocycles. The van der Waals surface area contributed by atoms with E-state index in [2.05, 4.69) is 10.6 Å². The van der Waals surface area contributed by atoms with Crippen LogP contribution in [0.25, 0.3) is 0 Å². The van der Waals surface area contributed by atoms with Crippen molar-refractivity contribution in [1.29, 1.82) is 0 Å². The molecule has 1 rings (SSSR count). The molecule has 1 aromatic rings. The summed E-state index contributed by atoms with van der Waals surface area (Å²) < 4.78 is 0. The number of primary amides is 1. The van der Waals surface area contributed by atoms with Gasteiger partial charge in [0.2, 0.25) is 5.91 Å². The fraction of sp³-hybridized carbons (Fsp3) is 0.182. The lowest BCUT2D eigenvalue weighted by atomic mass is 10.2. The first-order valence-electron chi connectivity index (χ1n) is 5.21. The molecule has 0 aliphatic carbocycles. The second-order valence-corrected chi connectivity index (χ2v) is 4.13. The highest BCUT2D eigenvalue weighted by Crippen LogP contribution is 2.21. The lowest BCUT2D eigenvalue weighted by Crippen LogP contribution is -2.44. The molecule has 1 atom stereocenters. The van der Waals surface area contributed by atoms with Gasteiger partial charge in [0, 0.05) is 5.69 Å². The number of amides is 3. The van der Waals surface area contributed by atoms with E-state index in [-0.39, 0.29) is 10.6 Å². The number of urea groups is 1. The maximum absolute atomic E-state index is 11.6. The number of hydrogen-bond donors (Lipinski definition) is 4. The smallest absolute Gasteiger partial charge is 0.337 e. The molecule has 0 aromatic heterocycles. The second kappa shape index (κ2) is 6.05. The first-order chi connectivity index (χ1) is 8.81. The van der Waals surface area contributed by atoms with Crippen LogP contribution in [0.15, 0.2) is 18.2 Å². The molecule has 0 aliphatic heterocycles. The zero-order chi connectivity index (χ0) is 14.6. The third kappa shape index (κ3) is 4.14. The Morgan fingerprint density at radius 3 is 2.47 bits per heavy atom. The number of carboxylic acids is 1. The van der Waals surface area contributed by atoms with E-state index in [1.54, 1.807) is 0 Å². The van der Waals surface area contributed by atoms with Crippen LogP contribution in [0.2, 0.25) is 5.02 Å². The monoisotopic (exact) mass is 285 g/mol. The van der Waals surface area contributed by atoms with Gasteiger partial charge >= 0.3 is 12.0 Å². The molecule has 0 fully saturated rings. The van der Waals surface area contributed by atoms with Crippen LogP contribution in [-0.2, 0) is 4.79 Å². The van der Waals surface area contributed by atoms with Crippen molar-refractivity contribution in [2.24, 2.45) is 5.73 Å². The van der Waals surface area contributed by atoms with Crippen LogP contribution in [0.4, 0.5) is 10.5 Å². The highest BCUT2D eigenvalue weighted by Gasteiger charge is 2.15. The van der Waals surface area contributed by atoms with E-state index in [9.17, 15) is 14.4 Å². The first-order valence-corrected chi connectivity index (χ1v) is 5.58. The number of rotatable bonds is 4. The maximum Gasteiger partial charge on any atom is 0.337 e. The van der Waals surface area contributed by atoms with E-state index >= 15 is 0 Å². The Kier molecular flexibility index (Phi) is 4.71.